The molecule has 25 heavy (non-hydrogen) atoms. The van der Waals surface area contributed by atoms with Crippen LogP contribution in [0.5, 0.6) is 0 Å². The van der Waals surface area contributed by atoms with Crippen LogP contribution in [0.4, 0.5) is 5.69 Å². The van der Waals surface area contributed by atoms with Crippen molar-refractivity contribution in [3.8, 4) is 11.3 Å². The minimum atomic E-state index is -0.0447. The van der Waals surface area contributed by atoms with Gasteiger partial charge in [0.1, 0.15) is 0 Å². The molecular formula is C21H22N2O2. The molecule has 1 aromatic heterocycles. The maximum Gasteiger partial charge on any atom is 0.224 e. The first kappa shape index (κ1) is 17.0. The highest BCUT2D eigenvalue weighted by molar-refractivity contribution is 5.90. The fourth-order valence-electron chi connectivity index (χ4n) is 2.56. The van der Waals surface area contributed by atoms with E-state index < -0.39 is 0 Å². The number of hydrogen-bond donors (Lipinski definition) is 1. The zero-order valence-corrected chi connectivity index (χ0v) is 14.5. The quantitative estimate of drug-likeness (QED) is 0.687. The summed E-state index contributed by atoms with van der Waals surface area (Å²) in [6.45, 7) is 4.29. The number of benzene rings is 2. The molecule has 1 N–H and O–H groups in total. The normalized spacial score (nSPS) is 10.8. The number of rotatable bonds is 6. The molecule has 0 unspecified atom stereocenters. The highest BCUT2D eigenvalue weighted by Gasteiger charge is 2.09. The van der Waals surface area contributed by atoms with Crippen molar-refractivity contribution in [3.05, 3.63) is 72.2 Å². The lowest BCUT2D eigenvalue weighted by Crippen LogP contribution is -2.12. The van der Waals surface area contributed by atoms with Gasteiger partial charge in [-0.05, 0) is 23.6 Å². The van der Waals surface area contributed by atoms with Gasteiger partial charge in [0.15, 0.2) is 11.7 Å². The highest BCUT2D eigenvalue weighted by Crippen LogP contribution is 2.21. The van der Waals surface area contributed by atoms with E-state index >= 15 is 0 Å². The first-order chi connectivity index (χ1) is 12.1. The Hall–Kier alpha value is -2.88. The van der Waals surface area contributed by atoms with Crippen LogP contribution in [0.1, 0.15) is 37.6 Å². The summed E-state index contributed by atoms with van der Waals surface area (Å²) in [6.07, 6.45) is 2.51. The van der Waals surface area contributed by atoms with Crippen molar-refractivity contribution in [2.24, 2.45) is 0 Å². The Labute approximate surface area is 147 Å². The Bertz CT molecular complexity index is 821. The van der Waals surface area contributed by atoms with Gasteiger partial charge in [-0.15, -0.1) is 0 Å². The number of hydrogen-bond acceptors (Lipinski definition) is 3. The van der Waals surface area contributed by atoms with Gasteiger partial charge in [-0.1, -0.05) is 56.3 Å². The van der Waals surface area contributed by atoms with Crippen molar-refractivity contribution in [2.45, 2.75) is 32.6 Å². The van der Waals surface area contributed by atoms with Crippen LogP contribution in [0.25, 0.3) is 11.3 Å². The number of oxazole rings is 1. The standard InChI is InChI=1S/C21H22N2O2/c1-15(2)16-8-10-18(11-9-16)23-20(24)12-13-21-22-14-19(25-21)17-6-4-3-5-7-17/h3-11,14-15H,12-13H2,1-2H3,(H,23,24). The summed E-state index contributed by atoms with van der Waals surface area (Å²) in [5.41, 5.74) is 3.05. The van der Waals surface area contributed by atoms with Crippen LogP contribution in [0, 0.1) is 0 Å². The molecule has 4 heteroatoms. The predicted octanol–water partition coefficient (Wildman–Crippen LogP) is 5.04. The Balaban J connectivity index is 1.53. The molecule has 0 atom stereocenters. The Kier molecular flexibility index (Phi) is 5.29. The molecule has 3 rings (SSSR count). The van der Waals surface area contributed by atoms with E-state index in [0.29, 0.717) is 24.7 Å². The zero-order valence-electron chi connectivity index (χ0n) is 14.5. The summed E-state index contributed by atoms with van der Waals surface area (Å²) < 4.78 is 5.72. The third-order valence-corrected chi connectivity index (χ3v) is 4.04. The van der Waals surface area contributed by atoms with Crippen LogP contribution in [-0.4, -0.2) is 10.9 Å². The van der Waals surface area contributed by atoms with Gasteiger partial charge < -0.3 is 9.73 Å². The van der Waals surface area contributed by atoms with Gasteiger partial charge in [0.25, 0.3) is 0 Å². The van der Waals surface area contributed by atoms with E-state index in [2.05, 4.69) is 24.1 Å². The van der Waals surface area contributed by atoms with Crippen molar-refractivity contribution < 1.29 is 9.21 Å². The van der Waals surface area contributed by atoms with Crippen LogP contribution < -0.4 is 5.32 Å². The molecule has 3 aromatic rings. The number of carbonyl (C=O) groups is 1. The van der Waals surface area contributed by atoms with Crippen molar-refractivity contribution in [2.75, 3.05) is 5.32 Å². The summed E-state index contributed by atoms with van der Waals surface area (Å²) in [6, 6.07) is 17.8. The van der Waals surface area contributed by atoms with Gasteiger partial charge in [-0.25, -0.2) is 4.98 Å². The van der Waals surface area contributed by atoms with E-state index in [-0.39, 0.29) is 5.91 Å². The summed E-state index contributed by atoms with van der Waals surface area (Å²) in [4.78, 5) is 16.4. The molecule has 2 aromatic carbocycles. The van der Waals surface area contributed by atoms with Crippen molar-refractivity contribution in [3.63, 3.8) is 0 Å². The largest absolute Gasteiger partial charge is 0.441 e. The molecule has 0 fully saturated rings. The summed E-state index contributed by atoms with van der Waals surface area (Å²) in [5.74, 6) is 1.73. The molecule has 128 valence electrons. The SMILES string of the molecule is CC(C)c1ccc(NC(=O)CCc2ncc(-c3ccccc3)o2)cc1. The predicted molar refractivity (Wildman–Crippen MR) is 99.4 cm³/mol. The lowest BCUT2D eigenvalue weighted by atomic mass is 10.0. The van der Waals surface area contributed by atoms with Gasteiger partial charge in [0.2, 0.25) is 5.91 Å². The smallest absolute Gasteiger partial charge is 0.224 e. The number of nitrogens with one attached hydrogen (secondary N) is 1. The lowest BCUT2D eigenvalue weighted by molar-refractivity contribution is -0.116. The summed E-state index contributed by atoms with van der Waals surface area (Å²) in [5, 5.41) is 2.91. The average Bonchev–Trinajstić information content (AvgIpc) is 3.10. The van der Waals surface area contributed by atoms with Gasteiger partial charge >= 0.3 is 0 Å². The third kappa shape index (κ3) is 4.57. The van der Waals surface area contributed by atoms with Crippen molar-refractivity contribution in [1.29, 1.82) is 0 Å². The van der Waals surface area contributed by atoms with E-state index in [9.17, 15) is 4.79 Å². The second-order valence-electron chi connectivity index (χ2n) is 6.31. The van der Waals surface area contributed by atoms with Crippen LogP contribution >= 0.6 is 0 Å². The Morgan fingerprint density at radius 1 is 1.08 bits per heavy atom. The molecule has 0 aliphatic heterocycles. The molecule has 0 bridgehead atoms. The topological polar surface area (TPSA) is 55.1 Å². The molecular weight excluding hydrogens is 312 g/mol. The van der Waals surface area contributed by atoms with E-state index in [4.69, 9.17) is 4.42 Å². The number of carbonyl (C=O) groups excluding carboxylic acids is 1. The fraction of sp³-hybridized carbons (Fsp3) is 0.238. The zero-order chi connectivity index (χ0) is 17.6. The Morgan fingerprint density at radius 2 is 1.80 bits per heavy atom. The number of nitrogens with zero attached hydrogens (tertiary/aromatic N) is 1. The minimum absolute atomic E-state index is 0.0447. The molecule has 0 saturated heterocycles. The molecule has 0 spiro atoms. The molecule has 1 heterocycles. The number of amides is 1. The van der Waals surface area contributed by atoms with Crippen LogP contribution in [-0.2, 0) is 11.2 Å². The first-order valence-electron chi connectivity index (χ1n) is 8.52. The highest BCUT2D eigenvalue weighted by atomic mass is 16.4. The van der Waals surface area contributed by atoms with Crippen molar-refractivity contribution >= 4 is 11.6 Å². The van der Waals surface area contributed by atoms with Crippen LogP contribution in [0.3, 0.4) is 0 Å². The summed E-state index contributed by atoms with van der Waals surface area (Å²) in [7, 11) is 0. The molecule has 0 radical (unpaired) electrons. The van der Waals surface area contributed by atoms with Crippen LogP contribution in [0.15, 0.2) is 65.2 Å². The third-order valence-electron chi connectivity index (χ3n) is 4.04. The Morgan fingerprint density at radius 3 is 2.48 bits per heavy atom. The second kappa shape index (κ2) is 7.79. The van der Waals surface area contributed by atoms with E-state index in [1.807, 2.05) is 54.6 Å². The number of aromatic nitrogens is 1. The summed E-state index contributed by atoms with van der Waals surface area (Å²) >= 11 is 0. The minimum Gasteiger partial charge on any atom is -0.441 e. The van der Waals surface area contributed by atoms with E-state index in [1.165, 1.54) is 5.56 Å². The molecule has 1 amide bonds. The van der Waals surface area contributed by atoms with Gasteiger partial charge in [-0.2, -0.15) is 0 Å². The number of aryl methyl sites for hydroxylation is 1. The maximum atomic E-state index is 12.1. The van der Waals surface area contributed by atoms with Gasteiger partial charge in [-0.3, -0.25) is 4.79 Å². The van der Waals surface area contributed by atoms with E-state index in [0.717, 1.165) is 17.0 Å². The van der Waals surface area contributed by atoms with E-state index in [1.54, 1.807) is 6.20 Å². The molecule has 0 aliphatic carbocycles. The number of anilines is 1. The van der Waals surface area contributed by atoms with Gasteiger partial charge in [0, 0.05) is 24.1 Å². The second-order valence-corrected chi connectivity index (χ2v) is 6.31. The maximum absolute atomic E-state index is 12.1. The molecule has 0 aliphatic rings. The molecule has 0 saturated carbocycles. The van der Waals surface area contributed by atoms with Gasteiger partial charge in [0.05, 0.1) is 6.20 Å². The van der Waals surface area contributed by atoms with Crippen LogP contribution in [0.2, 0.25) is 0 Å². The fourth-order valence-corrected chi connectivity index (χ4v) is 2.56. The average molecular weight is 334 g/mol. The lowest BCUT2D eigenvalue weighted by Gasteiger charge is -2.08. The molecule has 4 nitrogen and oxygen atoms in total. The van der Waals surface area contributed by atoms with Crippen molar-refractivity contribution in [1.82, 2.24) is 4.98 Å². The first-order valence-corrected chi connectivity index (χ1v) is 8.52. The monoisotopic (exact) mass is 334 g/mol.